The normalized spacial score (nSPS) is 18.1. The van der Waals surface area contributed by atoms with Gasteiger partial charge in [0.05, 0.1) is 24.6 Å². The second-order valence-corrected chi connectivity index (χ2v) is 7.58. The molecule has 1 aliphatic heterocycles. The molecule has 6 heteroatoms. The summed E-state index contributed by atoms with van der Waals surface area (Å²) in [4.78, 5) is 5.17. The number of aromatic nitrogens is 1. The average molecular weight is 348 g/mol. The third kappa shape index (κ3) is 3.88. The van der Waals surface area contributed by atoms with E-state index in [4.69, 9.17) is 17.0 Å². The zero-order valence-electron chi connectivity index (χ0n) is 13.3. The second kappa shape index (κ2) is 6.95. The lowest BCUT2D eigenvalue weighted by atomic mass is 10.1. The van der Waals surface area contributed by atoms with Crippen LogP contribution in [0.2, 0.25) is 0 Å². The molecule has 1 unspecified atom stereocenters. The van der Waals surface area contributed by atoms with Gasteiger partial charge in [-0.3, -0.25) is 9.56 Å². The lowest BCUT2D eigenvalue weighted by Crippen LogP contribution is -2.14. The predicted octanol–water partition coefficient (Wildman–Crippen LogP) is 4.53. The number of aliphatic imine (C=N–C) groups is 1. The van der Waals surface area contributed by atoms with Crippen LogP contribution in [0.25, 0.3) is 0 Å². The quantitative estimate of drug-likeness (QED) is 0.652. The molecule has 0 bridgehead atoms. The highest BCUT2D eigenvalue weighted by atomic mass is 32.1. The van der Waals surface area contributed by atoms with Crippen molar-refractivity contribution < 1.29 is 9.84 Å². The van der Waals surface area contributed by atoms with Crippen LogP contribution in [-0.2, 0) is 11.3 Å². The van der Waals surface area contributed by atoms with Gasteiger partial charge in [0.25, 0.3) is 0 Å². The SMILES string of the molecule is Cc1cc(C)cc(N=Cc2sc(=S)n(CC3CCCO3)c2O)c1. The lowest BCUT2D eigenvalue weighted by molar-refractivity contribution is 0.0948. The molecule has 1 atom stereocenters. The summed E-state index contributed by atoms with van der Waals surface area (Å²) in [6, 6.07) is 6.14. The molecule has 1 aromatic carbocycles. The topological polar surface area (TPSA) is 46.8 Å². The number of thiazole rings is 1. The zero-order chi connectivity index (χ0) is 16.4. The van der Waals surface area contributed by atoms with Crippen LogP contribution in [0, 0.1) is 17.8 Å². The van der Waals surface area contributed by atoms with E-state index in [2.05, 4.69) is 11.1 Å². The molecule has 1 aromatic heterocycles. The minimum Gasteiger partial charge on any atom is -0.493 e. The smallest absolute Gasteiger partial charge is 0.212 e. The van der Waals surface area contributed by atoms with Crippen LogP contribution in [0.1, 0.15) is 28.8 Å². The van der Waals surface area contributed by atoms with Crippen LogP contribution in [0.3, 0.4) is 0 Å². The van der Waals surface area contributed by atoms with E-state index in [0.717, 1.165) is 25.1 Å². The van der Waals surface area contributed by atoms with Gasteiger partial charge < -0.3 is 9.84 Å². The Hall–Kier alpha value is -1.50. The summed E-state index contributed by atoms with van der Waals surface area (Å²) >= 11 is 6.75. The minimum absolute atomic E-state index is 0.145. The molecule has 0 amide bonds. The van der Waals surface area contributed by atoms with Crippen molar-refractivity contribution in [1.82, 2.24) is 4.57 Å². The molecule has 0 spiro atoms. The van der Waals surface area contributed by atoms with Crippen molar-refractivity contribution in [3.8, 4) is 5.88 Å². The van der Waals surface area contributed by atoms with Crippen molar-refractivity contribution in [2.45, 2.75) is 39.3 Å². The molecule has 1 fully saturated rings. The maximum atomic E-state index is 10.4. The standard InChI is InChI=1S/C17H20N2O2S2/c1-11-6-12(2)8-13(7-11)18-9-15-16(20)19(17(22)23-15)10-14-4-3-5-21-14/h6-9,14,20H,3-5,10H2,1-2H3. The van der Waals surface area contributed by atoms with Gasteiger partial charge in [0.2, 0.25) is 5.88 Å². The van der Waals surface area contributed by atoms with Crippen molar-refractivity contribution in [2.75, 3.05) is 6.61 Å². The van der Waals surface area contributed by atoms with Gasteiger partial charge in [-0.25, -0.2) is 0 Å². The summed E-state index contributed by atoms with van der Waals surface area (Å²) in [5.74, 6) is 0.184. The van der Waals surface area contributed by atoms with E-state index in [1.54, 1.807) is 10.8 Å². The number of rotatable bonds is 4. The Balaban J connectivity index is 1.82. The van der Waals surface area contributed by atoms with Gasteiger partial charge in [0.1, 0.15) is 4.88 Å². The van der Waals surface area contributed by atoms with Crippen LogP contribution >= 0.6 is 23.6 Å². The highest BCUT2D eigenvalue weighted by Crippen LogP contribution is 2.27. The predicted molar refractivity (Wildman–Crippen MR) is 97.0 cm³/mol. The summed E-state index contributed by atoms with van der Waals surface area (Å²) in [5, 5.41) is 10.4. The van der Waals surface area contributed by atoms with E-state index >= 15 is 0 Å². The number of aromatic hydroxyl groups is 1. The van der Waals surface area contributed by atoms with Gasteiger partial charge in [-0.2, -0.15) is 0 Å². The monoisotopic (exact) mass is 348 g/mol. The summed E-state index contributed by atoms with van der Waals surface area (Å²) < 4.78 is 8.03. The summed E-state index contributed by atoms with van der Waals surface area (Å²) in [6.45, 7) is 5.50. The van der Waals surface area contributed by atoms with Gasteiger partial charge in [-0.1, -0.05) is 17.4 Å². The fraction of sp³-hybridized carbons (Fsp3) is 0.412. The van der Waals surface area contributed by atoms with E-state index in [0.29, 0.717) is 15.4 Å². The molecule has 1 aliphatic rings. The van der Waals surface area contributed by atoms with Gasteiger partial charge in [0.15, 0.2) is 3.95 Å². The third-order valence-corrected chi connectivity index (χ3v) is 5.21. The van der Waals surface area contributed by atoms with Crippen molar-refractivity contribution in [3.63, 3.8) is 0 Å². The number of hydrogen-bond acceptors (Lipinski definition) is 5. The maximum absolute atomic E-state index is 10.4. The molecule has 1 N–H and O–H groups in total. The second-order valence-electron chi connectivity index (χ2n) is 5.91. The zero-order valence-corrected chi connectivity index (χ0v) is 14.9. The molecular formula is C17H20N2O2S2. The average Bonchev–Trinajstić information content (AvgIpc) is 3.08. The fourth-order valence-electron chi connectivity index (χ4n) is 2.81. The largest absolute Gasteiger partial charge is 0.493 e. The molecule has 1 saturated heterocycles. The van der Waals surface area contributed by atoms with Gasteiger partial charge in [0, 0.05) is 6.61 Å². The number of benzene rings is 1. The lowest BCUT2D eigenvalue weighted by Gasteiger charge is -2.10. The molecule has 2 aromatic rings. The number of nitrogens with zero attached hydrogens (tertiary/aromatic N) is 2. The van der Waals surface area contributed by atoms with Crippen molar-refractivity contribution in [1.29, 1.82) is 0 Å². The number of aryl methyl sites for hydroxylation is 2. The van der Waals surface area contributed by atoms with Crippen LogP contribution < -0.4 is 0 Å². The van der Waals surface area contributed by atoms with Gasteiger partial charge in [-0.15, -0.1) is 0 Å². The van der Waals surface area contributed by atoms with Crippen LogP contribution in [0.4, 0.5) is 5.69 Å². The van der Waals surface area contributed by atoms with Crippen molar-refractivity contribution >= 4 is 35.5 Å². The summed E-state index contributed by atoms with van der Waals surface area (Å²) in [7, 11) is 0. The molecule has 0 radical (unpaired) electrons. The Kier molecular flexibility index (Phi) is 4.94. The van der Waals surface area contributed by atoms with Crippen LogP contribution in [0.15, 0.2) is 23.2 Å². The highest BCUT2D eigenvalue weighted by Gasteiger charge is 2.19. The van der Waals surface area contributed by atoms with Crippen molar-refractivity contribution in [3.05, 3.63) is 38.2 Å². The first kappa shape index (κ1) is 16.4. The Morgan fingerprint density at radius 1 is 1.39 bits per heavy atom. The van der Waals surface area contributed by atoms with E-state index in [-0.39, 0.29) is 12.0 Å². The Bertz CT molecular complexity index is 766. The molecule has 0 saturated carbocycles. The van der Waals surface area contributed by atoms with Crippen LogP contribution in [0.5, 0.6) is 5.88 Å². The molecule has 3 rings (SSSR count). The molecule has 2 heterocycles. The van der Waals surface area contributed by atoms with Crippen molar-refractivity contribution in [2.24, 2.45) is 4.99 Å². The van der Waals surface area contributed by atoms with Gasteiger partial charge in [-0.05, 0) is 62.2 Å². The fourth-order valence-corrected chi connectivity index (χ4v) is 4.01. The van der Waals surface area contributed by atoms with E-state index in [1.807, 2.05) is 26.0 Å². The molecule has 122 valence electrons. The number of hydrogen-bond donors (Lipinski definition) is 1. The first-order chi connectivity index (χ1) is 11.0. The first-order valence-electron chi connectivity index (χ1n) is 7.69. The molecular weight excluding hydrogens is 328 g/mol. The third-order valence-electron chi connectivity index (χ3n) is 3.84. The minimum atomic E-state index is 0.145. The Labute approximate surface area is 145 Å². The van der Waals surface area contributed by atoms with E-state index in [1.165, 1.54) is 22.5 Å². The molecule has 23 heavy (non-hydrogen) atoms. The van der Waals surface area contributed by atoms with E-state index < -0.39 is 0 Å². The maximum Gasteiger partial charge on any atom is 0.212 e. The molecule has 0 aliphatic carbocycles. The summed E-state index contributed by atoms with van der Waals surface area (Å²) in [5.41, 5.74) is 3.22. The summed E-state index contributed by atoms with van der Waals surface area (Å²) in [6.07, 6.45) is 3.93. The van der Waals surface area contributed by atoms with E-state index in [9.17, 15) is 5.11 Å². The number of ether oxygens (including phenoxy) is 1. The Morgan fingerprint density at radius 2 is 2.13 bits per heavy atom. The van der Waals surface area contributed by atoms with Crippen LogP contribution in [-0.4, -0.2) is 28.6 Å². The first-order valence-corrected chi connectivity index (χ1v) is 8.92. The molecule has 4 nitrogen and oxygen atoms in total. The highest BCUT2D eigenvalue weighted by molar-refractivity contribution is 7.73. The van der Waals surface area contributed by atoms with Gasteiger partial charge >= 0.3 is 0 Å². The Morgan fingerprint density at radius 3 is 2.78 bits per heavy atom.